The largest absolute Gasteiger partial charge is 0.316 e. The highest BCUT2D eigenvalue weighted by molar-refractivity contribution is 6.31. The number of hydrogen-bond acceptors (Lipinski definition) is 3. The van der Waals surface area contributed by atoms with E-state index < -0.39 is 0 Å². The quantitative estimate of drug-likeness (QED) is 0.929. The van der Waals surface area contributed by atoms with Crippen LogP contribution in [-0.4, -0.2) is 39.9 Å². The SMILES string of the molecule is CCn1nc(C)c(Cl)c1CN1CC2CNCC2C1(C)C. The van der Waals surface area contributed by atoms with Gasteiger partial charge < -0.3 is 5.32 Å². The molecule has 2 atom stereocenters. The fourth-order valence-electron chi connectivity index (χ4n) is 3.97. The predicted molar refractivity (Wildman–Crippen MR) is 82.0 cm³/mol. The highest BCUT2D eigenvalue weighted by atomic mass is 35.5. The number of nitrogens with zero attached hydrogens (tertiary/aromatic N) is 3. The first kappa shape index (κ1) is 14.4. The molecule has 0 saturated carbocycles. The Hall–Kier alpha value is -0.580. The second-order valence-electron chi connectivity index (χ2n) is 6.72. The van der Waals surface area contributed by atoms with E-state index in [2.05, 4.69) is 40.8 Å². The minimum absolute atomic E-state index is 0.230. The van der Waals surface area contributed by atoms with Crippen molar-refractivity contribution in [3.63, 3.8) is 0 Å². The molecule has 0 aromatic carbocycles. The molecule has 112 valence electrons. The van der Waals surface area contributed by atoms with Gasteiger partial charge in [-0.05, 0) is 46.1 Å². The maximum atomic E-state index is 6.46. The van der Waals surface area contributed by atoms with Crippen molar-refractivity contribution in [1.29, 1.82) is 0 Å². The highest BCUT2D eigenvalue weighted by Crippen LogP contribution is 2.41. The molecule has 0 bridgehead atoms. The van der Waals surface area contributed by atoms with Crippen molar-refractivity contribution >= 4 is 11.6 Å². The summed E-state index contributed by atoms with van der Waals surface area (Å²) in [5.74, 6) is 1.53. The standard InChI is InChI=1S/C15H25ClN4/c1-5-20-13(14(16)10(2)18-20)9-19-8-11-6-17-7-12(11)15(19,3)4/h11-12,17H,5-9H2,1-4H3. The molecule has 3 rings (SSSR count). The van der Waals surface area contributed by atoms with Crippen LogP contribution in [0.25, 0.3) is 0 Å². The summed E-state index contributed by atoms with van der Waals surface area (Å²) in [5, 5.41) is 8.91. The van der Waals surface area contributed by atoms with Gasteiger partial charge in [0.25, 0.3) is 0 Å². The molecule has 2 fully saturated rings. The second kappa shape index (κ2) is 5.00. The molecule has 1 aromatic heterocycles. The molecule has 3 heterocycles. The third kappa shape index (κ3) is 2.09. The molecule has 2 aliphatic rings. The zero-order valence-electron chi connectivity index (χ0n) is 12.9. The molecule has 2 aliphatic heterocycles. The first-order chi connectivity index (χ1) is 9.45. The number of aryl methyl sites for hydroxylation is 2. The van der Waals surface area contributed by atoms with Gasteiger partial charge in [-0.15, -0.1) is 0 Å². The number of rotatable bonds is 3. The van der Waals surface area contributed by atoms with Gasteiger partial charge in [0.2, 0.25) is 0 Å². The van der Waals surface area contributed by atoms with E-state index in [4.69, 9.17) is 11.6 Å². The fraction of sp³-hybridized carbons (Fsp3) is 0.800. The lowest BCUT2D eigenvalue weighted by Crippen LogP contribution is -2.44. The van der Waals surface area contributed by atoms with Crippen LogP contribution < -0.4 is 5.32 Å². The summed E-state index contributed by atoms with van der Waals surface area (Å²) in [5.41, 5.74) is 2.35. The van der Waals surface area contributed by atoms with Crippen molar-refractivity contribution in [2.45, 2.75) is 46.3 Å². The Kier molecular flexibility index (Phi) is 3.59. The smallest absolute Gasteiger partial charge is 0.0860 e. The minimum Gasteiger partial charge on any atom is -0.316 e. The Balaban J connectivity index is 1.85. The maximum absolute atomic E-state index is 6.46. The van der Waals surface area contributed by atoms with E-state index in [1.165, 1.54) is 5.69 Å². The van der Waals surface area contributed by atoms with Gasteiger partial charge in [0.15, 0.2) is 0 Å². The molecule has 2 saturated heterocycles. The molecule has 0 amide bonds. The summed E-state index contributed by atoms with van der Waals surface area (Å²) in [6, 6.07) is 0. The Morgan fingerprint density at radius 2 is 2.15 bits per heavy atom. The van der Waals surface area contributed by atoms with Crippen LogP contribution in [0.15, 0.2) is 0 Å². The van der Waals surface area contributed by atoms with Gasteiger partial charge in [-0.1, -0.05) is 11.6 Å². The van der Waals surface area contributed by atoms with E-state index in [1.807, 2.05) is 6.92 Å². The van der Waals surface area contributed by atoms with Crippen molar-refractivity contribution in [3.05, 3.63) is 16.4 Å². The number of nitrogens with one attached hydrogen (secondary N) is 1. The molecule has 0 spiro atoms. The molecule has 5 heteroatoms. The lowest BCUT2D eigenvalue weighted by molar-refractivity contribution is 0.128. The zero-order valence-corrected chi connectivity index (χ0v) is 13.7. The van der Waals surface area contributed by atoms with Crippen molar-refractivity contribution in [3.8, 4) is 0 Å². The highest BCUT2D eigenvalue weighted by Gasteiger charge is 2.49. The summed E-state index contributed by atoms with van der Waals surface area (Å²) in [7, 11) is 0. The van der Waals surface area contributed by atoms with Crippen LogP contribution in [0.2, 0.25) is 5.02 Å². The van der Waals surface area contributed by atoms with Crippen molar-refractivity contribution in [2.24, 2.45) is 11.8 Å². The summed E-state index contributed by atoms with van der Waals surface area (Å²) >= 11 is 6.46. The number of aromatic nitrogens is 2. The molecule has 0 aliphatic carbocycles. The molecule has 2 unspecified atom stereocenters. The molecule has 1 aromatic rings. The van der Waals surface area contributed by atoms with E-state index in [1.54, 1.807) is 0 Å². The molecular formula is C15H25ClN4. The minimum atomic E-state index is 0.230. The van der Waals surface area contributed by atoms with Crippen molar-refractivity contribution in [2.75, 3.05) is 19.6 Å². The molecule has 4 nitrogen and oxygen atoms in total. The van der Waals surface area contributed by atoms with Crippen LogP contribution in [0.5, 0.6) is 0 Å². The average Bonchev–Trinajstić information content (AvgIpc) is 3.03. The Morgan fingerprint density at radius 3 is 2.80 bits per heavy atom. The monoisotopic (exact) mass is 296 g/mol. The normalized spacial score (nSPS) is 29.1. The van der Waals surface area contributed by atoms with Crippen molar-refractivity contribution < 1.29 is 0 Å². The van der Waals surface area contributed by atoms with Gasteiger partial charge in [0.1, 0.15) is 0 Å². The van der Waals surface area contributed by atoms with Gasteiger partial charge in [-0.3, -0.25) is 9.58 Å². The molecule has 1 N–H and O–H groups in total. The van der Waals surface area contributed by atoms with Crippen LogP contribution in [0.3, 0.4) is 0 Å². The summed E-state index contributed by atoms with van der Waals surface area (Å²) in [4.78, 5) is 2.59. The van der Waals surface area contributed by atoms with Crippen LogP contribution in [0, 0.1) is 18.8 Å². The van der Waals surface area contributed by atoms with E-state index in [-0.39, 0.29) is 5.54 Å². The zero-order chi connectivity index (χ0) is 14.5. The maximum Gasteiger partial charge on any atom is 0.0860 e. The van der Waals surface area contributed by atoms with E-state index in [9.17, 15) is 0 Å². The van der Waals surface area contributed by atoms with Gasteiger partial charge in [-0.2, -0.15) is 5.10 Å². The molecular weight excluding hydrogens is 272 g/mol. The number of halogens is 1. The van der Waals surface area contributed by atoms with E-state index >= 15 is 0 Å². The predicted octanol–water partition coefficient (Wildman–Crippen LogP) is 2.29. The third-order valence-electron chi connectivity index (χ3n) is 5.31. The Morgan fingerprint density at radius 1 is 1.40 bits per heavy atom. The van der Waals surface area contributed by atoms with Gasteiger partial charge >= 0.3 is 0 Å². The number of fused-ring (bicyclic) bond motifs is 1. The van der Waals surface area contributed by atoms with Crippen LogP contribution >= 0.6 is 11.6 Å². The Labute approximate surface area is 126 Å². The lowest BCUT2D eigenvalue weighted by atomic mass is 9.85. The van der Waals surface area contributed by atoms with Gasteiger partial charge in [-0.25, -0.2) is 0 Å². The summed E-state index contributed by atoms with van der Waals surface area (Å²) in [6.07, 6.45) is 0. The number of hydrogen-bond donors (Lipinski definition) is 1. The molecule has 0 radical (unpaired) electrons. The third-order valence-corrected chi connectivity index (χ3v) is 5.80. The first-order valence-electron chi connectivity index (χ1n) is 7.62. The van der Waals surface area contributed by atoms with Crippen molar-refractivity contribution in [1.82, 2.24) is 20.0 Å². The Bertz CT molecular complexity index is 508. The second-order valence-corrected chi connectivity index (χ2v) is 7.10. The lowest BCUT2D eigenvalue weighted by Gasteiger charge is -2.35. The van der Waals surface area contributed by atoms with Gasteiger partial charge in [0, 0.05) is 31.7 Å². The van der Waals surface area contributed by atoms with Gasteiger partial charge in [0.05, 0.1) is 16.4 Å². The summed E-state index contributed by atoms with van der Waals surface area (Å²) in [6.45, 7) is 14.1. The first-order valence-corrected chi connectivity index (χ1v) is 8.00. The fourth-order valence-corrected chi connectivity index (χ4v) is 4.17. The van der Waals surface area contributed by atoms with E-state index in [0.717, 1.165) is 55.3 Å². The topological polar surface area (TPSA) is 33.1 Å². The van der Waals surface area contributed by atoms with Crippen LogP contribution in [0.4, 0.5) is 0 Å². The van der Waals surface area contributed by atoms with E-state index in [0.29, 0.717) is 0 Å². The summed E-state index contributed by atoms with van der Waals surface area (Å²) < 4.78 is 2.06. The molecule has 20 heavy (non-hydrogen) atoms. The van der Waals surface area contributed by atoms with Crippen LogP contribution in [-0.2, 0) is 13.1 Å². The average molecular weight is 297 g/mol. The van der Waals surface area contributed by atoms with Crippen LogP contribution in [0.1, 0.15) is 32.2 Å². The number of likely N-dealkylation sites (tertiary alicyclic amines) is 1.